The molecule has 1 spiro atoms. The van der Waals surface area contributed by atoms with E-state index in [1.54, 1.807) is 19.4 Å². The minimum absolute atomic E-state index is 0.0252. The highest BCUT2D eigenvalue weighted by Crippen LogP contribution is 2.59. The van der Waals surface area contributed by atoms with Gasteiger partial charge in [0.05, 0.1) is 24.4 Å². The number of hydrogen-bond acceptors (Lipinski definition) is 7. The number of aromatic nitrogens is 3. The third kappa shape index (κ3) is 6.19. The number of ketones is 1. The molecule has 37 heavy (non-hydrogen) atoms. The number of pyridine rings is 1. The fourth-order valence-electron chi connectivity index (χ4n) is 5.51. The number of carbonyl (C=O) groups excluding carboxylic acids is 2. The smallest absolute Gasteiger partial charge is 0.224 e. The lowest BCUT2D eigenvalue weighted by atomic mass is 9.90. The van der Waals surface area contributed by atoms with E-state index in [9.17, 15) is 14.9 Å². The molecular weight excluding hydrogens is 468 g/mol. The number of unbranched alkanes of at least 4 members (excludes halogenated alkanes) is 2. The van der Waals surface area contributed by atoms with Crippen molar-refractivity contribution in [1.29, 1.82) is 5.26 Å². The third-order valence-corrected chi connectivity index (χ3v) is 8.05. The molecule has 9 nitrogen and oxygen atoms in total. The predicted molar refractivity (Wildman–Crippen MR) is 140 cm³/mol. The maximum absolute atomic E-state index is 13.4. The van der Waals surface area contributed by atoms with Gasteiger partial charge >= 0.3 is 0 Å². The van der Waals surface area contributed by atoms with Crippen molar-refractivity contribution in [2.75, 3.05) is 27.2 Å². The van der Waals surface area contributed by atoms with Gasteiger partial charge in [-0.2, -0.15) is 5.26 Å². The van der Waals surface area contributed by atoms with E-state index in [0.717, 1.165) is 51.6 Å². The largest absolute Gasteiger partial charge is 0.480 e. The Morgan fingerprint density at radius 2 is 2.11 bits per heavy atom. The third-order valence-electron chi connectivity index (χ3n) is 8.05. The number of rotatable bonds is 12. The molecule has 2 atom stereocenters. The molecule has 1 saturated carbocycles. The molecule has 0 radical (unpaired) electrons. The van der Waals surface area contributed by atoms with Crippen molar-refractivity contribution >= 4 is 11.7 Å². The summed E-state index contributed by atoms with van der Waals surface area (Å²) in [6, 6.07) is 5.46. The first-order chi connectivity index (χ1) is 17.9. The molecule has 2 N–H and O–H groups in total. The molecule has 2 fully saturated rings. The molecule has 2 aromatic heterocycles. The summed E-state index contributed by atoms with van der Waals surface area (Å²) in [5, 5.41) is 13.2. The van der Waals surface area contributed by atoms with Gasteiger partial charge in [0.1, 0.15) is 17.7 Å². The fraction of sp³-hybridized carbons (Fsp3) is 0.607. The molecule has 2 aliphatic rings. The van der Waals surface area contributed by atoms with E-state index in [0.29, 0.717) is 42.2 Å². The highest BCUT2D eigenvalue weighted by Gasteiger charge is 2.58. The van der Waals surface area contributed by atoms with E-state index < -0.39 is 0 Å². The van der Waals surface area contributed by atoms with Crippen LogP contribution in [0.2, 0.25) is 0 Å². The Kier molecular flexibility index (Phi) is 8.59. The number of hydrogen-bond donors (Lipinski definition) is 2. The Balaban J connectivity index is 1.52. The number of Topliss-reactive ketones (excluding diaryl/α,β-unsaturated/α-hetero) is 1. The number of ether oxygens (including phenoxy) is 1. The second kappa shape index (κ2) is 11.9. The molecule has 1 saturated heterocycles. The van der Waals surface area contributed by atoms with E-state index in [4.69, 9.17) is 4.74 Å². The van der Waals surface area contributed by atoms with Gasteiger partial charge in [-0.15, -0.1) is 0 Å². The van der Waals surface area contributed by atoms with Crippen LogP contribution >= 0.6 is 0 Å². The van der Waals surface area contributed by atoms with E-state index >= 15 is 0 Å². The Hall–Kier alpha value is -3.25. The van der Waals surface area contributed by atoms with Crippen molar-refractivity contribution in [3.8, 4) is 23.3 Å². The lowest BCUT2D eigenvalue weighted by molar-refractivity contribution is -0.124. The molecule has 0 aromatic carbocycles. The maximum Gasteiger partial charge on any atom is 0.224 e. The number of aromatic amines is 1. The van der Waals surface area contributed by atoms with Gasteiger partial charge in [-0.1, -0.05) is 19.8 Å². The van der Waals surface area contributed by atoms with Gasteiger partial charge in [0.2, 0.25) is 11.8 Å². The fourth-order valence-corrected chi connectivity index (χ4v) is 5.51. The maximum atomic E-state index is 13.4. The summed E-state index contributed by atoms with van der Waals surface area (Å²) >= 11 is 0. The average molecular weight is 507 g/mol. The Morgan fingerprint density at radius 3 is 2.81 bits per heavy atom. The van der Waals surface area contributed by atoms with E-state index in [2.05, 4.69) is 38.3 Å². The van der Waals surface area contributed by atoms with Crippen molar-refractivity contribution in [2.45, 2.75) is 70.8 Å². The Morgan fingerprint density at radius 1 is 1.32 bits per heavy atom. The quantitative estimate of drug-likeness (QED) is 0.414. The number of imidazole rings is 1. The summed E-state index contributed by atoms with van der Waals surface area (Å²) in [4.78, 5) is 39.5. The van der Waals surface area contributed by atoms with Crippen LogP contribution in [-0.4, -0.2) is 58.8 Å². The molecule has 0 bridgehead atoms. The number of methoxy groups -OCH3 is 1. The van der Waals surface area contributed by atoms with Crippen molar-refractivity contribution < 1.29 is 14.3 Å². The summed E-state index contributed by atoms with van der Waals surface area (Å²) in [5.41, 5.74) is 1.65. The van der Waals surface area contributed by atoms with Gasteiger partial charge in [-0.3, -0.25) is 9.59 Å². The highest BCUT2D eigenvalue weighted by atomic mass is 16.5. The van der Waals surface area contributed by atoms with Gasteiger partial charge in [0.15, 0.2) is 5.69 Å². The standard InChI is InChI=1S/C28H38N6O3/c1-4-19(35)9-6-5-7-11-22(32-26(36)21-17-28(21)12-15-34(2)16-13-28)24-23(18-29)31-25(33-24)20-10-8-14-30-27(20)37-3/h8,10,14,21-22H,4-7,9,11-13,15-17H2,1-3H3,(H,31,33)(H,32,36)/t21-,22+/m1/s1. The Labute approximate surface area is 219 Å². The minimum Gasteiger partial charge on any atom is -0.480 e. The normalized spacial score (nSPS) is 19.2. The number of piperidine rings is 1. The molecule has 3 heterocycles. The van der Waals surface area contributed by atoms with Crippen molar-refractivity contribution in [2.24, 2.45) is 11.3 Å². The van der Waals surface area contributed by atoms with Crippen molar-refractivity contribution in [3.05, 3.63) is 29.7 Å². The molecule has 9 heteroatoms. The van der Waals surface area contributed by atoms with E-state index in [-0.39, 0.29) is 34.8 Å². The molecule has 0 unspecified atom stereocenters. The number of nitrogens with one attached hydrogen (secondary N) is 2. The number of nitrogens with zero attached hydrogens (tertiary/aromatic N) is 4. The van der Waals surface area contributed by atoms with Gasteiger partial charge in [0, 0.05) is 25.0 Å². The zero-order valence-electron chi connectivity index (χ0n) is 22.2. The highest BCUT2D eigenvalue weighted by molar-refractivity contribution is 5.83. The molecule has 2 aromatic rings. The van der Waals surface area contributed by atoms with Crippen LogP contribution in [0.5, 0.6) is 5.88 Å². The summed E-state index contributed by atoms with van der Waals surface area (Å²) in [6.07, 6.45) is 9.04. The van der Waals surface area contributed by atoms with E-state index in [1.807, 2.05) is 13.0 Å². The predicted octanol–water partition coefficient (Wildman–Crippen LogP) is 4.17. The SMILES string of the molecule is CCC(=O)CCCCC[C@H](NC(=O)[C@H]1CC12CCN(C)CC2)c1[nH]c(-c2cccnc2OC)nc1C#N. The number of nitriles is 1. The number of carbonyl (C=O) groups is 2. The first kappa shape index (κ1) is 26.8. The van der Waals surface area contributed by atoms with Crippen molar-refractivity contribution in [3.63, 3.8) is 0 Å². The van der Waals surface area contributed by atoms with Crippen LogP contribution in [0.3, 0.4) is 0 Å². The summed E-state index contributed by atoms with van der Waals surface area (Å²) in [5.74, 6) is 1.27. The number of amides is 1. The lowest BCUT2D eigenvalue weighted by Crippen LogP contribution is -2.36. The van der Waals surface area contributed by atoms with Gasteiger partial charge in [0.25, 0.3) is 0 Å². The molecule has 1 amide bonds. The topological polar surface area (TPSA) is 124 Å². The second-order valence-corrected chi connectivity index (χ2v) is 10.5. The summed E-state index contributed by atoms with van der Waals surface area (Å²) < 4.78 is 5.38. The molecule has 1 aliphatic heterocycles. The molecule has 4 rings (SSSR count). The number of likely N-dealkylation sites (tertiary alicyclic amines) is 1. The number of H-pyrrole nitrogens is 1. The zero-order chi connectivity index (χ0) is 26.4. The lowest BCUT2D eigenvalue weighted by Gasteiger charge is -2.30. The first-order valence-corrected chi connectivity index (χ1v) is 13.4. The van der Waals surface area contributed by atoms with Gasteiger partial charge in [-0.25, -0.2) is 9.97 Å². The van der Waals surface area contributed by atoms with Crippen LogP contribution in [0.1, 0.15) is 82.1 Å². The molecule has 198 valence electrons. The second-order valence-electron chi connectivity index (χ2n) is 10.5. The first-order valence-electron chi connectivity index (χ1n) is 13.4. The van der Waals surface area contributed by atoms with Gasteiger partial charge < -0.3 is 19.9 Å². The van der Waals surface area contributed by atoms with Crippen LogP contribution in [0.4, 0.5) is 0 Å². The zero-order valence-corrected chi connectivity index (χ0v) is 22.2. The summed E-state index contributed by atoms with van der Waals surface area (Å²) in [7, 11) is 3.67. The van der Waals surface area contributed by atoms with Crippen molar-refractivity contribution in [1.82, 2.24) is 25.2 Å². The van der Waals surface area contributed by atoms with Crippen LogP contribution in [0.25, 0.3) is 11.4 Å². The summed E-state index contributed by atoms with van der Waals surface area (Å²) in [6.45, 7) is 3.94. The Bertz CT molecular complexity index is 1150. The van der Waals surface area contributed by atoms with Crippen LogP contribution in [-0.2, 0) is 9.59 Å². The van der Waals surface area contributed by atoms with Crippen LogP contribution in [0.15, 0.2) is 18.3 Å². The van der Waals surface area contributed by atoms with Crippen LogP contribution < -0.4 is 10.1 Å². The molecular formula is C28H38N6O3. The average Bonchev–Trinajstić information content (AvgIpc) is 3.46. The van der Waals surface area contributed by atoms with Gasteiger partial charge in [-0.05, 0) is 69.8 Å². The van der Waals surface area contributed by atoms with Crippen LogP contribution in [0, 0.1) is 22.7 Å². The monoisotopic (exact) mass is 506 g/mol. The molecule has 1 aliphatic carbocycles. The minimum atomic E-state index is -0.364. The van der Waals surface area contributed by atoms with E-state index in [1.165, 1.54) is 0 Å².